The van der Waals surface area contributed by atoms with Crippen molar-refractivity contribution < 1.29 is 45.3 Å². The predicted octanol–water partition coefficient (Wildman–Crippen LogP) is 6.06. The van der Waals surface area contributed by atoms with E-state index in [0.29, 0.717) is 48.1 Å². The van der Waals surface area contributed by atoms with Crippen molar-refractivity contribution >= 4 is 17.6 Å². The van der Waals surface area contributed by atoms with Gasteiger partial charge in [0.15, 0.2) is 0 Å². The molecule has 1 N–H and O–H groups in total. The first-order chi connectivity index (χ1) is 21.4. The number of amides is 1. The van der Waals surface area contributed by atoms with Crippen molar-refractivity contribution in [1.29, 1.82) is 0 Å². The van der Waals surface area contributed by atoms with Crippen LogP contribution in [-0.4, -0.2) is 62.9 Å². The molecule has 0 aliphatic carbocycles. The van der Waals surface area contributed by atoms with Gasteiger partial charge in [0.05, 0.1) is 38.9 Å². The molecule has 0 radical (unpaired) electrons. The Hall–Kier alpha value is -2.58. The molecule has 45 heavy (non-hydrogen) atoms. The summed E-state index contributed by atoms with van der Waals surface area (Å²) in [6.07, 6.45) is 14.0. The second kappa shape index (κ2) is 23.7. The fourth-order valence-electron chi connectivity index (χ4n) is 4.97. The lowest BCUT2D eigenvalue weighted by Gasteiger charge is -2.31. The zero-order chi connectivity index (χ0) is 32.0. The first-order valence-electron chi connectivity index (χ1n) is 17.2. The monoisotopic (exact) mass is 690 g/mol. The molecule has 0 heterocycles. The maximum absolute atomic E-state index is 13.6. The fourth-order valence-corrected chi connectivity index (χ4v) is 4.97. The molecular weight excluding hydrogens is 632 g/mol. The normalized spacial score (nSPS) is 11.0. The van der Waals surface area contributed by atoms with Crippen molar-refractivity contribution in [2.24, 2.45) is 0 Å². The molecule has 2 rings (SSSR count). The molecule has 0 fully saturated rings. The highest BCUT2D eigenvalue weighted by molar-refractivity contribution is 6.08. The SMILES string of the molecule is CCCCCCCCOc1cccc(OCCCCCCCC)c1C(=O)Nc1ccc(C(=O)OCC[N+](C)(CC)CC)cc1.[Br-]. The minimum Gasteiger partial charge on any atom is -1.00 e. The maximum Gasteiger partial charge on any atom is 0.338 e. The number of carbonyl (C=O) groups excluding carboxylic acids is 2. The van der Waals surface area contributed by atoms with E-state index in [1.165, 1.54) is 51.4 Å². The number of nitrogens with zero attached hydrogens (tertiary/aromatic N) is 1. The molecule has 0 unspecified atom stereocenters. The summed E-state index contributed by atoms with van der Waals surface area (Å²) in [6, 6.07) is 12.4. The van der Waals surface area contributed by atoms with Gasteiger partial charge in [0, 0.05) is 5.69 Å². The molecule has 254 valence electrons. The Labute approximate surface area is 283 Å². The van der Waals surface area contributed by atoms with Crippen LogP contribution in [-0.2, 0) is 4.74 Å². The molecule has 0 saturated heterocycles. The predicted molar refractivity (Wildman–Crippen MR) is 181 cm³/mol. The first kappa shape index (κ1) is 40.4. The van der Waals surface area contributed by atoms with E-state index in [4.69, 9.17) is 14.2 Å². The van der Waals surface area contributed by atoms with Gasteiger partial charge in [-0.25, -0.2) is 4.79 Å². The minimum atomic E-state index is -0.361. The van der Waals surface area contributed by atoms with E-state index < -0.39 is 0 Å². The van der Waals surface area contributed by atoms with Crippen LogP contribution >= 0.6 is 0 Å². The molecule has 0 saturated carbocycles. The summed E-state index contributed by atoms with van der Waals surface area (Å²) in [5.74, 6) is 0.399. The quantitative estimate of drug-likeness (QED) is 0.0823. The van der Waals surface area contributed by atoms with Crippen molar-refractivity contribution in [2.45, 2.75) is 105 Å². The van der Waals surface area contributed by atoms with Gasteiger partial charge in [0.25, 0.3) is 5.91 Å². The van der Waals surface area contributed by atoms with E-state index in [0.717, 1.165) is 49.8 Å². The van der Waals surface area contributed by atoms with Crippen molar-refractivity contribution in [2.75, 3.05) is 51.8 Å². The third-order valence-electron chi connectivity index (χ3n) is 8.50. The van der Waals surface area contributed by atoms with Crippen molar-refractivity contribution in [3.63, 3.8) is 0 Å². The molecule has 0 aromatic heterocycles. The number of rotatable bonds is 24. The van der Waals surface area contributed by atoms with Crippen molar-refractivity contribution in [1.82, 2.24) is 0 Å². The molecule has 7 nitrogen and oxygen atoms in total. The van der Waals surface area contributed by atoms with Crippen LogP contribution in [0.1, 0.15) is 125 Å². The molecule has 0 aliphatic heterocycles. The Bertz CT molecular complexity index is 1050. The van der Waals surface area contributed by atoms with Crippen LogP contribution in [0, 0.1) is 0 Å². The zero-order valence-electron chi connectivity index (χ0n) is 28.6. The second-order valence-electron chi connectivity index (χ2n) is 12.0. The highest BCUT2D eigenvalue weighted by Gasteiger charge is 2.21. The molecule has 0 atom stereocenters. The number of carbonyl (C=O) groups is 2. The molecule has 2 aromatic rings. The number of anilines is 1. The highest BCUT2D eigenvalue weighted by Crippen LogP contribution is 2.30. The maximum atomic E-state index is 13.6. The summed E-state index contributed by atoms with van der Waals surface area (Å²) in [5.41, 5.74) is 1.44. The summed E-state index contributed by atoms with van der Waals surface area (Å²) in [4.78, 5) is 26.2. The minimum absolute atomic E-state index is 0. The summed E-state index contributed by atoms with van der Waals surface area (Å²) in [5, 5.41) is 2.98. The van der Waals surface area contributed by atoms with E-state index in [-0.39, 0.29) is 28.9 Å². The highest BCUT2D eigenvalue weighted by atomic mass is 79.9. The number of likely N-dealkylation sites (N-methyl/N-ethyl adjacent to an activating group) is 1. The summed E-state index contributed by atoms with van der Waals surface area (Å²) < 4.78 is 18.7. The Kier molecular flexibility index (Phi) is 21.3. The molecule has 1 amide bonds. The third kappa shape index (κ3) is 15.5. The molecule has 0 aliphatic rings. The Balaban J connectivity index is 0.0000101. The lowest BCUT2D eigenvalue weighted by Crippen LogP contribution is -3.00. The summed E-state index contributed by atoms with van der Waals surface area (Å²) in [6.45, 7) is 12.9. The molecule has 0 spiro atoms. The number of esters is 1. The average molecular weight is 692 g/mol. The van der Waals surface area contributed by atoms with Crippen LogP contribution < -0.4 is 31.8 Å². The van der Waals surface area contributed by atoms with Gasteiger partial charge < -0.3 is 41.0 Å². The van der Waals surface area contributed by atoms with Crippen LogP contribution in [0.15, 0.2) is 42.5 Å². The van der Waals surface area contributed by atoms with Gasteiger partial charge >= 0.3 is 5.97 Å². The number of nitrogens with one attached hydrogen (secondary N) is 1. The number of hydrogen-bond donors (Lipinski definition) is 1. The second-order valence-corrected chi connectivity index (χ2v) is 12.0. The number of quaternary nitrogens is 1. The average Bonchev–Trinajstić information content (AvgIpc) is 3.04. The standard InChI is InChI=1S/C37H58N2O5.BrH/c1-6-10-12-14-16-18-28-42-33-21-20-22-34(43-29-19-17-15-13-11-7-2)35(33)36(40)38-32-25-23-31(24-26-32)37(41)44-30-27-39(5,8-3)9-4;/h20-26H,6-19,27-30H2,1-5H3;1H. The molecule has 2 aromatic carbocycles. The van der Waals surface area contributed by atoms with Crippen molar-refractivity contribution in [3.05, 3.63) is 53.6 Å². The van der Waals surface area contributed by atoms with Crippen LogP contribution in [0.5, 0.6) is 11.5 Å². The Morgan fingerprint density at radius 3 is 1.64 bits per heavy atom. The van der Waals surface area contributed by atoms with Gasteiger partial charge in [0.1, 0.15) is 30.2 Å². The molecular formula is C37H59BrN2O5. The van der Waals surface area contributed by atoms with Gasteiger partial charge in [-0.2, -0.15) is 0 Å². The lowest BCUT2D eigenvalue weighted by molar-refractivity contribution is -0.906. The van der Waals surface area contributed by atoms with Gasteiger partial charge in [-0.3, -0.25) is 4.79 Å². The van der Waals surface area contributed by atoms with Gasteiger partial charge in [0.2, 0.25) is 0 Å². The van der Waals surface area contributed by atoms with E-state index in [9.17, 15) is 9.59 Å². The van der Waals surface area contributed by atoms with E-state index >= 15 is 0 Å². The first-order valence-corrected chi connectivity index (χ1v) is 17.2. The third-order valence-corrected chi connectivity index (χ3v) is 8.50. The fraction of sp³-hybridized carbons (Fsp3) is 0.622. The van der Waals surface area contributed by atoms with Gasteiger partial charge in [-0.15, -0.1) is 0 Å². The molecule has 8 heteroatoms. The van der Waals surface area contributed by atoms with Crippen LogP contribution in [0.2, 0.25) is 0 Å². The summed E-state index contributed by atoms with van der Waals surface area (Å²) in [7, 11) is 2.16. The van der Waals surface area contributed by atoms with Gasteiger partial charge in [-0.1, -0.05) is 84.1 Å². The zero-order valence-corrected chi connectivity index (χ0v) is 30.2. The van der Waals surface area contributed by atoms with E-state index in [1.807, 2.05) is 18.2 Å². The van der Waals surface area contributed by atoms with Crippen LogP contribution in [0.25, 0.3) is 0 Å². The largest absolute Gasteiger partial charge is 1.00 e. The number of benzene rings is 2. The number of unbranched alkanes of at least 4 members (excludes halogenated alkanes) is 10. The number of halogens is 1. The number of ether oxygens (including phenoxy) is 3. The van der Waals surface area contributed by atoms with Gasteiger partial charge in [-0.05, 0) is 63.1 Å². The lowest BCUT2D eigenvalue weighted by atomic mass is 10.1. The van der Waals surface area contributed by atoms with Crippen LogP contribution in [0.3, 0.4) is 0 Å². The molecule has 0 bridgehead atoms. The van der Waals surface area contributed by atoms with Crippen LogP contribution in [0.4, 0.5) is 5.69 Å². The summed E-state index contributed by atoms with van der Waals surface area (Å²) >= 11 is 0. The van der Waals surface area contributed by atoms with Crippen molar-refractivity contribution in [3.8, 4) is 11.5 Å². The Morgan fingerprint density at radius 1 is 0.667 bits per heavy atom. The Morgan fingerprint density at radius 2 is 1.16 bits per heavy atom. The topological polar surface area (TPSA) is 73.9 Å². The van der Waals surface area contributed by atoms with E-state index in [2.05, 4.69) is 40.1 Å². The van der Waals surface area contributed by atoms with E-state index in [1.54, 1.807) is 24.3 Å². The smallest absolute Gasteiger partial charge is 0.338 e. The number of hydrogen-bond acceptors (Lipinski definition) is 5.